The van der Waals surface area contributed by atoms with Crippen LogP contribution in [-0.4, -0.2) is 5.78 Å². The van der Waals surface area contributed by atoms with Crippen molar-refractivity contribution < 1.29 is 9.18 Å². The Bertz CT molecular complexity index is 458. The zero-order chi connectivity index (χ0) is 13.8. The van der Waals surface area contributed by atoms with Gasteiger partial charge in [0, 0.05) is 12.3 Å². The smallest absolute Gasteiger partial charge is 0.141 e. The summed E-state index contributed by atoms with van der Waals surface area (Å²) in [5, 5.41) is 0.0976. The molecule has 0 saturated heterocycles. The first-order valence-electron chi connectivity index (χ1n) is 7.06. The number of carbonyl (C=O) groups excluding carboxylic acids is 1. The van der Waals surface area contributed by atoms with Gasteiger partial charge in [0.05, 0.1) is 5.02 Å². The van der Waals surface area contributed by atoms with Gasteiger partial charge in [0.15, 0.2) is 0 Å². The molecule has 0 aromatic heterocycles. The quantitative estimate of drug-likeness (QED) is 0.775. The molecule has 1 fully saturated rings. The van der Waals surface area contributed by atoms with Crippen LogP contribution in [0.15, 0.2) is 18.2 Å². The van der Waals surface area contributed by atoms with Crippen molar-refractivity contribution in [3.63, 3.8) is 0 Å². The summed E-state index contributed by atoms with van der Waals surface area (Å²) < 4.78 is 13.1. The van der Waals surface area contributed by atoms with Crippen LogP contribution in [0.4, 0.5) is 4.39 Å². The lowest BCUT2D eigenvalue weighted by atomic mass is 9.77. The summed E-state index contributed by atoms with van der Waals surface area (Å²) in [6, 6.07) is 4.55. The Morgan fingerprint density at radius 2 is 2.21 bits per heavy atom. The van der Waals surface area contributed by atoms with Gasteiger partial charge in [-0.05, 0) is 36.5 Å². The maximum atomic E-state index is 13.1. The summed E-state index contributed by atoms with van der Waals surface area (Å²) in [6.07, 6.45) is 5.96. The first-order chi connectivity index (χ1) is 9.10. The number of halogens is 2. The van der Waals surface area contributed by atoms with Gasteiger partial charge < -0.3 is 0 Å². The van der Waals surface area contributed by atoms with Crippen LogP contribution in [0.25, 0.3) is 0 Å². The summed E-state index contributed by atoms with van der Waals surface area (Å²) in [5.41, 5.74) is 0.815. The summed E-state index contributed by atoms with van der Waals surface area (Å²) in [7, 11) is 0. The average molecular weight is 283 g/mol. The summed E-state index contributed by atoms with van der Waals surface area (Å²) in [4.78, 5) is 12.3. The molecule has 2 rings (SSSR count). The molecule has 0 heterocycles. The van der Waals surface area contributed by atoms with Crippen LogP contribution < -0.4 is 0 Å². The van der Waals surface area contributed by atoms with Crippen LogP contribution in [0.2, 0.25) is 5.02 Å². The summed E-state index contributed by atoms with van der Waals surface area (Å²) in [6.45, 7) is 2.19. The van der Waals surface area contributed by atoms with E-state index >= 15 is 0 Å². The molecule has 2 unspecified atom stereocenters. The van der Waals surface area contributed by atoms with Gasteiger partial charge in [0.1, 0.15) is 11.6 Å². The van der Waals surface area contributed by atoms with E-state index in [1.807, 2.05) is 0 Å². The van der Waals surface area contributed by atoms with E-state index in [4.69, 9.17) is 11.6 Å². The van der Waals surface area contributed by atoms with E-state index in [0.717, 1.165) is 31.2 Å². The predicted octanol–water partition coefficient (Wildman–Crippen LogP) is 4.81. The van der Waals surface area contributed by atoms with E-state index in [2.05, 4.69) is 6.92 Å². The Hall–Kier alpha value is -0.890. The van der Waals surface area contributed by atoms with Crippen LogP contribution in [0.5, 0.6) is 0 Å². The van der Waals surface area contributed by atoms with E-state index < -0.39 is 5.82 Å². The number of Topliss-reactive ketones (excluding diaryl/α,β-unsaturated/α-hetero) is 1. The van der Waals surface area contributed by atoms with Crippen LogP contribution in [0, 0.1) is 17.7 Å². The molecular weight excluding hydrogens is 263 g/mol. The van der Waals surface area contributed by atoms with Gasteiger partial charge in [-0.3, -0.25) is 4.79 Å². The fourth-order valence-electron chi connectivity index (χ4n) is 2.95. The van der Waals surface area contributed by atoms with Gasteiger partial charge in [0.25, 0.3) is 0 Å². The molecule has 1 aromatic rings. The van der Waals surface area contributed by atoms with Gasteiger partial charge in [-0.15, -0.1) is 0 Å². The predicted molar refractivity (Wildman–Crippen MR) is 75.9 cm³/mol. The molecule has 0 radical (unpaired) electrons. The van der Waals surface area contributed by atoms with Crippen molar-refractivity contribution >= 4 is 17.4 Å². The zero-order valence-corrected chi connectivity index (χ0v) is 12.0. The first kappa shape index (κ1) is 14.5. The first-order valence-corrected chi connectivity index (χ1v) is 7.44. The third kappa shape index (κ3) is 3.79. The minimum absolute atomic E-state index is 0.0976. The fraction of sp³-hybridized carbons (Fsp3) is 0.562. The largest absolute Gasteiger partial charge is 0.299 e. The lowest BCUT2D eigenvalue weighted by Crippen LogP contribution is -2.24. The molecule has 0 N–H and O–H groups in total. The maximum Gasteiger partial charge on any atom is 0.141 e. The second kappa shape index (κ2) is 6.51. The van der Waals surface area contributed by atoms with Gasteiger partial charge in [-0.1, -0.05) is 43.9 Å². The minimum Gasteiger partial charge on any atom is -0.299 e. The number of ketones is 1. The van der Waals surface area contributed by atoms with Gasteiger partial charge in [-0.2, -0.15) is 0 Å². The van der Waals surface area contributed by atoms with Crippen molar-refractivity contribution in [2.75, 3.05) is 0 Å². The van der Waals surface area contributed by atoms with E-state index in [9.17, 15) is 9.18 Å². The zero-order valence-electron chi connectivity index (χ0n) is 11.3. The van der Waals surface area contributed by atoms with Crippen molar-refractivity contribution in [2.45, 2.75) is 45.4 Å². The maximum absolute atomic E-state index is 13.1. The second-order valence-corrected chi connectivity index (χ2v) is 5.94. The van der Waals surface area contributed by atoms with Crippen molar-refractivity contribution in [3.05, 3.63) is 34.6 Å². The Morgan fingerprint density at radius 1 is 1.42 bits per heavy atom. The van der Waals surface area contributed by atoms with Crippen molar-refractivity contribution in [2.24, 2.45) is 11.8 Å². The molecule has 1 aliphatic carbocycles. The average Bonchev–Trinajstić information content (AvgIpc) is 2.43. The molecule has 19 heavy (non-hydrogen) atoms. The molecule has 1 nitrogen and oxygen atoms in total. The molecule has 104 valence electrons. The van der Waals surface area contributed by atoms with E-state index in [0.29, 0.717) is 12.3 Å². The summed E-state index contributed by atoms with van der Waals surface area (Å²) >= 11 is 5.74. The van der Waals surface area contributed by atoms with Crippen molar-refractivity contribution in [3.8, 4) is 0 Å². The monoisotopic (exact) mass is 282 g/mol. The Labute approximate surface area is 119 Å². The Balaban J connectivity index is 1.98. The Kier molecular flexibility index (Phi) is 4.98. The normalized spacial score (nSPS) is 23.3. The molecule has 0 bridgehead atoms. The standard InChI is InChI=1S/C16H20ClFO/c1-2-11-4-3-5-13(8-11)16(19)10-12-6-7-15(18)14(17)9-12/h6-7,9,11,13H,2-5,8,10H2,1H3. The number of hydrogen-bond donors (Lipinski definition) is 0. The highest BCUT2D eigenvalue weighted by Gasteiger charge is 2.26. The van der Waals surface area contributed by atoms with Crippen LogP contribution in [0.1, 0.15) is 44.6 Å². The van der Waals surface area contributed by atoms with Crippen LogP contribution >= 0.6 is 11.6 Å². The molecule has 0 amide bonds. The van der Waals surface area contributed by atoms with Gasteiger partial charge >= 0.3 is 0 Å². The SMILES string of the molecule is CCC1CCCC(C(=O)Cc2ccc(F)c(Cl)c2)C1. The number of benzene rings is 1. The lowest BCUT2D eigenvalue weighted by Gasteiger charge is -2.27. The lowest BCUT2D eigenvalue weighted by molar-refractivity contribution is -0.123. The highest BCUT2D eigenvalue weighted by atomic mass is 35.5. The molecule has 1 aromatic carbocycles. The number of hydrogen-bond acceptors (Lipinski definition) is 1. The minimum atomic E-state index is -0.429. The van der Waals surface area contributed by atoms with Gasteiger partial charge in [0.2, 0.25) is 0 Å². The van der Waals surface area contributed by atoms with Crippen LogP contribution in [-0.2, 0) is 11.2 Å². The molecule has 0 spiro atoms. The topological polar surface area (TPSA) is 17.1 Å². The molecule has 1 saturated carbocycles. The number of rotatable bonds is 4. The van der Waals surface area contributed by atoms with Crippen molar-refractivity contribution in [1.29, 1.82) is 0 Å². The third-order valence-corrected chi connectivity index (χ3v) is 4.47. The fourth-order valence-corrected chi connectivity index (χ4v) is 3.15. The van der Waals surface area contributed by atoms with E-state index in [1.165, 1.54) is 12.5 Å². The van der Waals surface area contributed by atoms with Gasteiger partial charge in [-0.25, -0.2) is 4.39 Å². The van der Waals surface area contributed by atoms with E-state index in [1.54, 1.807) is 12.1 Å². The number of carbonyl (C=O) groups is 1. The molecular formula is C16H20ClFO. The Morgan fingerprint density at radius 3 is 2.89 bits per heavy atom. The third-order valence-electron chi connectivity index (χ3n) is 4.18. The highest BCUT2D eigenvalue weighted by Crippen LogP contribution is 2.32. The van der Waals surface area contributed by atoms with E-state index in [-0.39, 0.29) is 16.7 Å². The van der Waals surface area contributed by atoms with Crippen LogP contribution in [0.3, 0.4) is 0 Å². The molecule has 3 heteroatoms. The molecule has 1 aliphatic rings. The molecule has 0 aliphatic heterocycles. The highest BCUT2D eigenvalue weighted by molar-refractivity contribution is 6.30. The van der Waals surface area contributed by atoms with Crippen molar-refractivity contribution in [1.82, 2.24) is 0 Å². The second-order valence-electron chi connectivity index (χ2n) is 5.53. The molecule has 2 atom stereocenters. The summed E-state index contributed by atoms with van der Waals surface area (Å²) in [5.74, 6) is 0.726.